The molecule has 0 aliphatic carbocycles. The lowest BCUT2D eigenvalue weighted by atomic mass is 9.89. The molecule has 6 heteroatoms. The third-order valence-corrected chi connectivity index (χ3v) is 5.11. The van der Waals surface area contributed by atoms with Crippen molar-refractivity contribution in [2.75, 3.05) is 32.2 Å². The number of benzene rings is 1. The highest BCUT2D eigenvalue weighted by molar-refractivity contribution is 6.01. The maximum atomic E-state index is 13.2. The molecule has 0 saturated carbocycles. The van der Waals surface area contributed by atoms with Crippen LogP contribution in [0.15, 0.2) is 30.7 Å². The fourth-order valence-electron chi connectivity index (χ4n) is 3.61. The number of ether oxygens (including phenoxy) is 2. The molecular weight excluding hydrogens is 342 g/mol. The van der Waals surface area contributed by atoms with Gasteiger partial charge in [0.05, 0.1) is 19.8 Å². The lowest BCUT2D eigenvalue weighted by molar-refractivity contribution is 0.0904. The van der Waals surface area contributed by atoms with Crippen molar-refractivity contribution in [3.8, 4) is 11.5 Å². The fraction of sp³-hybridized carbons (Fsp3) is 0.476. The van der Waals surface area contributed by atoms with Crippen LogP contribution in [0.5, 0.6) is 11.5 Å². The van der Waals surface area contributed by atoms with Crippen molar-refractivity contribution < 1.29 is 14.3 Å². The Bertz CT molecular complexity index is 807. The molecule has 6 nitrogen and oxygen atoms in total. The highest BCUT2D eigenvalue weighted by atomic mass is 16.5. The van der Waals surface area contributed by atoms with Gasteiger partial charge in [0.1, 0.15) is 23.6 Å². The number of rotatable bonds is 6. The van der Waals surface area contributed by atoms with Gasteiger partial charge in [-0.15, -0.1) is 0 Å². The van der Waals surface area contributed by atoms with Crippen molar-refractivity contribution in [2.45, 2.75) is 32.6 Å². The van der Waals surface area contributed by atoms with Gasteiger partial charge < -0.3 is 14.4 Å². The third-order valence-electron chi connectivity index (χ3n) is 5.11. The predicted molar refractivity (Wildman–Crippen MR) is 105 cm³/mol. The van der Waals surface area contributed by atoms with E-state index in [1.165, 1.54) is 0 Å². The summed E-state index contributed by atoms with van der Waals surface area (Å²) in [7, 11) is 3.18. The van der Waals surface area contributed by atoms with E-state index in [0.717, 1.165) is 30.8 Å². The molecule has 0 amide bonds. The summed E-state index contributed by atoms with van der Waals surface area (Å²) in [6, 6.07) is 5.36. The Kier molecular flexibility index (Phi) is 5.94. The minimum Gasteiger partial charge on any atom is -0.497 e. The molecule has 1 atom stereocenters. The molecule has 3 rings (SSSR count). The Morgan fingerprint density at radius 2 is 2.07 bits per heavy atom. The number of piperidine rings is 1. The van der Waals surface area contributed by atoms with Crippen LogP contribution in [0.1, 0.15) is 48.5 Å². The topological polar surface area (TPSA) is 64.5 Å². The number of hydrogen-bond acceptors (Lipinski definition) is 6. The molecule has 1 aliphatic heterocycles. The molecule has 0 unspecified atom stereocenters. The van der Waals surface area contributed by atoms with E-state index in [0.29, 0.717) is 29.5 Å². The molecular formula is C21H27N3O3. The zero-order chi connectivity index (χ0) is 19.4. The Hall–Kier alpha value is -2.63. The minimum atomic E-state index is -0.0870. The number of carbonyl (C=O) groups excluding carboxylic acids is 1. The van der Waals surface area contributed by atoms with Gasteiger partial charge in [-0.05, 0) is 30.9 Å². The number of methoxy groups -OCH3 is 2. The summed E-state index contributed by atoms with van der Waals surface area (Å²) in [5.74, 6) is 2.53. The van der Waals surface area contributed by atoms with Crippen LogP contribution >= 0.6 is 0 Å². The number of carbonyl (C=O) groups is 1. The van der Waals surface area contributed by atoms with E-state index in [1.54, 1.807) is 38.7 Å². The molecule has 144 valence electrons. The molecule has 27 heavy (non-hydrogen) atoms. The number of anilines is 1. The number of Topliss-reactive ketones (excluding diaryl/α,β-unsaturated/α-hetero) is 1. The van der Waals surface area contributed by atoms with Gasteiger partial charge in [0.25, 0.3) is 0 Å². The molecule has 0 radical (unpaired) electrons. The summed E-state index contributed by atoms with van der Waals surface area (Å²) in [5.41, 5.74) is 1.73. The lowest BCUT2D eigenvalue weighted by Crippen LogP contribution is -2.40. The maximum Gasteiger partial charge on any atom is 0.171 e. The highest BCUT2D eigenvalue weighted by Gasteiger charge is 2.30. The quantitative estimate of drug-likeness (QED) is 0.723. The van der Waals surface area contributed by atoms with Gasteiger partial charge in [-0.25, -0.2) is 9.97 Å². The summed E-state index contributed by atoms with van der Waals surface area (Å²) in [4.78, 5) is 24.1. The van der Waals surface area contributed by atoms with Gasteiger partial charge in [0, 0.05) is 36.8 Å². The molecule has 0 spiro atoms. The van der Waals surface area contributed by atoms with Crippen LogP contribution in [0.2, 0.25) is 0 Å². The molecule has 2 aromatic rings. The van der Waals surface area contributed by atoms with Crippen molar-refractivity contribution in [1.29, 1.82) is 0 Å². The van der Waals surface area contributed by atoms with Gasteiger partial charge in [-0.1, -0.05) is 13.8 Å². The van der Waals surface area contributed by atoms with E-state index in [9.17, 15) is 4.79 Å². The van der Waals surface area contributed by atoms with Crippen molar-refractivity contribution in [3.63, 3.8) is 0 Å². The number of aromatic nitrogens is 2. The Labute approximate surface area is 160 Å². The maximum absolute atomic E-state index is 13.2. The summed E-state index contributed by atoms with van der Waals surface area (Å²) in [6.07, 6.45) is 5.28. The van der Waals surface area contributed by atoms with Crippen LogP contribution < -0.4 is 14.4 Å². The van der Waals surface area contributed by atoms with Crippen LogP contribution in [-0.4, -0.2) is 43.1 Å². The molecule has 2 heterocycles. The normalized spacial score (nSPS) is 17.1. The third kappa shape index (κ3) is 4.04. The zero-order valence-electron chi connectivity index (χ0n) is 16.4. The van der Waals surface area contributed by atoms with Crippen molar-refractivity contribution >= 4 is 11.6 Å². The van der Waals surface area contributed by atoms with Crippen LogP contribution in [0.25, 0.3) is 0 Å². The molecule has 1 aromatic heterocycles. The first kappa shape index (κ1) is 19.1. The molecule has 0 N–H and O–H groups in total. The van der Waals surface area contributed by atoms with Crippen LogP contribution in [0, 0.1) is 5.92 Å². The van der Waals surface area contributed by atoms with Crippen molar-refractivity contribution in [3.05, 3.63) is 41.9 Å². The van der Waals surface area contributed by atoms with Crippen LogP contribution in [-0.2, 0) is 0 Å². The number of nitrogens with zero attached hydrogens (tertiary/aromatic N) is 3. The van der Waals surface area contributed by atoms with Gasteiger partial charge in [-0.3, -0.25) is 4.79 Å². The zero-order valence-corrected chi connectivity index (χ0v) is 16.4. The lowest BCUT2D eigenvalue weighted by Gasteiger charge is -2.34. The van der Waals surface area contributed by atoms with Crippen molar-refractivity contribution in [1.82, 2.24) is 9.97 Å². The largest absolute Gasteiger partial charge is 0.497 e. The molecule has 1 fully saturated rings. The summed E-state index contributed by atoms with van der Waals surface area (Å²) in [5, 5.41) is 0. The highest BCUT2D eigenvalue weighted by Crippen LogP contribution is 2.32. The Morgan fingerprint density at radius 1 is 1.26 bits per heavy atom. The average molecular weight is 369 g/mol. The standard InChI is InChI=1S/C21H27N3O3/c1-14(2)18-11-22-13-23-21(18)24-9-5-6-15(12-24)20(25)17-8-7-16(26-3)10-19(17)27-4/h7-8,10-11,13-15H,5-6,9,12H2,1-4H3/t15-/m0/s1. The molecule has 0 bridgehead atoms. The smallest absolute Gasteiger partial charge is 0.171 e. The summed E-state index contributed by atoms with van der Waals surface area (Å²) >= 11 is 0. The molecule has 1 aromatic carbocycles. The van der Waals surface area contributed by atoms with Crippen LogP contribution in [0.4, 0.5) is 5.82 Å². The number of ketones is 1. The van der Waals surface area contributed by atoms with E-state index in [1.807, 2.05) is 6.20 Å². The Balaban J connectivity index is 1.84. The monoisotopic (exact) mass is 369 g/mol. The first-order chi connectivity index (χ1) is 13.0. The average Bonchev–Trinajstić information content (AvgIpc) is 2.72. The second kappa shape index (κ2) is 8.37. The van der Waals surface area contributed by atoms with E-state index < -0.39 is 0 Å². The van der Waals surface area contributed by atoms with Gasteiger partial charge >= 0.3 is 0 Å². The van der Waals surface area contributed by atoms with Crippen molar-refractivity contribution in [2.24, 2.45) is 5.92 Å². The Morgan fingerprint density at radius 3 is 2.78 bits per heavy atom. The van der Waals surface area contributed by atoms with E-state index in [2.05, 4.69) is 28.7 Å². The first-order valence-electron chi connectivity index (χ1n) is 9.36. The number of hydrogen-bond donors (Lipinski definition) is 0. The van der Waals surface area contributed by atoms with E-state index in [4.69, 9.17) is 9.47 Å². The minimum absolute atomic E-state index is 0.0870. The SMILES string of the molecule is COc1ccc(C(=O)[C@H]2CCCN(c3ncncc3C(C)C)C2)c(OC)c1. The van der Waals surface area contributed by atoms with Gasteiger partial charge in [0.15, 0.2) is 5.78 Å². The van der Waals surface area contributed by atoms with E-state index >= 15 is 0 Å². The summed E-state index contributed by atoms with van der Waals surface area (Å²) < 4.78 is 10.7. The first-order valence-corrected chi connectivity index (χ1v) is 9.36. The van der Waals surface area contributed by atoms with Gasteiger partial charge in [-0.2, -0.15) is 0 Å². The summed E-state index contributed by atoms with van der Waals surface area (Å²) in [6.45, 7) is 5.83. The second-order valence-corrected chi connectivity index (χ2v) is 7.17. The van der Waals surface area contributed by atoms with Gasteiger partial charge in [0.2, 0.25) is 0 Å². The van der Waals surface area contributed by atoms with E-state index in [-0.39, 0.29) is 11.7 Å². The molecule has 1 aliphatic rings. The second-order valence-electron chi connectivity index (χ2n) is 7.17. The molecule has 1 saturated heterocycles. The predicted octanol–water partition coefficient (Wildman–Crippen LogP) is 3.72. The van der Waals surface area contributed by atoms with Crippen LogP contribution in [0.3, 0.4) is 0 Å². The fourth-order valence-corrected chi connectivity index (χ4v) is 3.61.